The molecule has 0 aliphatic heterocycles. The van der Waals surface area contributed by atoms with Gasteiger partial charge in [-0.2, -0.15) is 0 Å². The van der Waals surface area contributed by atoms with Gasteiger partial charge in [0.1, 0.15) is 0 Å². The lowest BCUT2D eigenvalue weighted by molar-refractivity contribution is 0.101. The number of fused-ring (bicyclic) bond motifs is 3. The van der Waals surface area contributed by atoms with Crippen LogP contribution in [-0.2, 0) is 0 Å². The van der Waals surface area contributed by atoms with Gasteiger partial charge in [-0.3, -0.25) is 9.59 Å². The number of carbonyl (C=O) groups is 2. The van der Waals surface area contributed by atoms with Crippen LogP contribution in [0.25, 0.3) is 61.9 Å². The Morgan fingerprint density at radius 2 is 1.48 bits per heavy atom. The van der Waals surface area contributed by atoms with Crippen molar-refractivity contribution < 1.29 is 9.59 Å². The molecule has 2 nitrogen and oxygen atoms in total. The number of rotatable bonds is 8. The highest BCUT2D eigenvalue weighted by Crippen LogP contribution is 2.57. The third-order valence-electron chi connectivity index (χ3n) is 7.35. The number of Topliss-reactive ketones (excluding diaryl/α,β-unsaturated/α-hetero) is 1. The van der Waals surface area contributed by atoms with Gasteiger partial charge in [-0.1, -0.05) is 119 Å². The molecule has 2 heteroatoms. The second kappa shape index (κ2) is 12.1. The summed E-state index contributed by atoms with van der Waals surface area (Å²) in [7, 11) is 0. The molecular formula is C38H36O2. The molecule has 0 heterocycles. The van der Waals surface area contributed by atoms with Gasteiger partial charge < -0.3 is 0 Å². The number of carbonyl (C=O) groups excluding carboxylic acids is 2. The first-order chi connectivity index (χ1) is 19.5. The topological polar surface area (TPSA) is 34.1 Å². The fourth-order valence-electron chi connectivity index (χ4n) is 5.94. The van der Waals surface area contributed by atoms with E-state index < -0.39 is 0 Å². The van der Waals surface area contributed by atoms with Crippen LogP contribution in [0.15, 0.2) is 86.0 Å². The van der Waals surface area contributed by atoms with Crippen molar-refractivity contribution in [1.29, 1.82) is 0 Å². The summed E-state index contributed by atoms with van der Waals surface area (Å²) in [6.45, 7) is 18.2. The first kappa shape index (κ1) is 28.4. The Morgan fingerprint density at radius 1 is 0.825 bits per heavy atom. The number of hydrogen-bond acceptors (Lipinski definition) is 2. The van der Waals surface area contributed by atoms with Crippen LogP contribution in [0.2, 0.25) is 0 Å². The third-order valence-corrected chi connectivity index (χ3v) is 7.35. The first-order valence-corrected chi connectivity index (χ1v) is 14.0. The quantitative estimate of drug-likeness (QED) is 0.115. The van der Waals surface area contributed by atoms with Gasteiger partial charge in [0.25, 0.3) is 0 Å². The van der Waals surface area contributed by atoms with Gasteiger partial charge in [0.15, 0.2) is 12.1 Å². The van der Waals surface area contributed by atoms with E-state index in [1.54, 1.807) is 6.92 Å². The molecule has 4 aromatic rings. The zero-order chi connectivity index (χ0) is 29.0. The van der Waals surface area contributed by atoms with E-state index >= 15 is 0 Å². The van der Waals surface area contributed by atoms with Crippen molar-refractivity contribution in [2.75, 3.05) is 0 Å². The van der Waals surface area contributed by atoms with Gasteiger partial charge in [0.05, 0.1) is 0 Å². The maximum atomic E-state index is 12.7. The lowest BCUT2D eigenvalue weighted by Gasteiger charge is -2.23. The van der Waals surface area contributed by atoms with E-state index in [1.807, 2.05) is 75.4 Å². The highest BCUT2D eigenvalue weighted by molar-refractivity contribution is 6.27. The number of benzene rings is 4. The highest BCUT2D eigenvalue weighted by atomic mass is 16.1. The lowest BCUT2D eigenvalue weighted by Crippen LogP contribution is -2.00. The normalized spacial score (nSPS) is 11.7. The molecule has 1 aliphatic carbocycles. The van der Waals surface area contributed by atoms with E-state index in [9.17, 15) is 9.59 Å². The summed E-state index contributed by atoms with van der Waals surface area (Å²) in [5.41, 5.74) is 11.7. The number of aldehydes is 1. The monoisotopic (exact) mass is 524 g/mol. The van der Waals surface area contributed by atoms with Crippen LogP contribution in [0.3, 0.4) is 0 Å². The molecule has 0 saturated carbocycles. The van der Waals surface area contributed by atoms with Crippen molar-refractivity contribution in [1.82, 2.24) is 0 Å². The largest absolute Gasteiger partial charge is 0.298 e. The van der Waals surface area contributed by atoms with Crippen LogP contribution in [-0.4, -0.2) is 12.1 Å². The lowest BCUT2D eigenvalue weighted by atomic mass is 9.80. The van der Waals surface area contributed by atoms with E-state index in [2.05, 4.69) is 50.4 Å². The van der Waals surface area contributed by atoms with Crippen LogP contribution in [0.4, 0.5) is 0 Å². The maximum absolute atomic E-state index is 12.7. The van der Waals surface area contributed by atoms with Crippen molar-refractivity contribution >= 4 is 40.6 Å². The molecule has 0 fully saturated rings. The van der Waals surface area contributed by atoms with Gasteiger partial charge in [-0.25, -0.2) is 0 Å². The molecule has 4 aromatic carbocycles. The fourth-order valence-corrected chi connectivity index (χ4v) is 5.94. The Hall–Kier alpha value is -4.56. The zero-order valence-electron chi connectivity index (χ0n) is 24.1. The minimum Gasteiger partial charge on any atom is -0.298 e. The molecule has 0 N–H and O–H groups in total. The van der Waals surface area contributed by atoms with Crippen molar-refractivity contribution in [2.24, 2.45) is 0 Å². The van der Waals surface area contributed by atoms with Crippen LogP contribution in [0.1, 0.15) is 78.4 Å². The molecule has 200 valence electrons. The molecule has 5 rings (SSSR count). The number of allylic oxidation sites excluding steroid dienone is 4. The van der Waals surface area contributed by atoms with Crippen LogP contribution in [0, 0.1) is 0 Å². The number of ketones is 1. The standard InChI is InChI=1S/C36H30O2.C2H6/c1-6-13-23(14-7-2)31-26(8-3)27(9-4)32(24-15-11-10-12-16-24)36-30-20-19-28(22(5)38)33-25(21-37)17-18-29(34(30)33)35(31)36;1-2/h6,8-21H,3-4,7H2,1-2,5H3;1-2H3/b13-6-,23-14+;. The minimum atomic E-state index is -0.0599. The molecule has 0 atom stereocenters. The second-order valence-electron chi connectivity index (χ2n) is 9.46. The Balaban J connectivity index is 0.00000181. The van der Waals surface area contributed by atoms with Gasteiger partial charge in [-0.05, 0) is 81.3 Å². The molecule has 0 spiro atoms. The van der Waals surface area contributed by atoms with Crippen LogP contribution >= 0.6 is 0 Å². The first-order valence-electron chi connectivity index (χ1n) is 14.0. The van der Waals surface area contributed by atoms with E-state index in [4.69, 9.17) is 0 Å². The van der Waals surface area contributed by atoms with E-state index in [0.717, 1.165) is 79.1 Å². The predicted octanol–water partition coefficient (Wildman–Crippen LogP) is 10.9. The third kappa shape index (κ3) is 4.40. The van der Waals surface area contributed by atoms with E-state index in [0.29, 0.717) is 11.1 Å². The predicted molar refractivity (Wildman–Crippen MR) is 174 cm³/mol. The van der Waals surface area contributed by atoms with Gasteiger partial charge in [0, 0.05) is 16.5 Å². The van der Waals surface area contributed by atoms with Crippen molar-refractivity contribution in [3.63, 3.8) is 0 Å². The summed E-state index contributed by atoms with van der Waals surface area (Å²) >= 11 is 0. The Morgan fingerprint density at radius 3 is 2.05 bits per heavy atom. The average molecular weight is 525 g/mol. The van der Waals surface area contributed by atoms with Gasteiger partial charge in [0.2, 0.25) is 0 Å². The molecule has 0 saturated heterocycles. The highest BCUT2D eigenvalue weighted by Gasteiger charge is 2.33. The Bertz CT molecular complexity index is 1710. The molecule has 0 bridgehead atoms. The average Bonchev–Trinajstić information content (AvgIpc) is 3.32. The fraction of sp³-hybridized carbons (Fsp3) is 0.158. The summed E-state index contributed by atoms with van der Waals surface area (Å²) in [5, 5.41) is 1.67. The molecule has 1 aliphatic rings. The summed E-state index contributed by atoms with van der Waals surface area (Å²) < 4.78 is 0. The zero-order valence-corrected chi connectivity index (χ0v) is 24.1. The smallest absolute Gasteiger partial charge is 0.160 e. The Kier molecular flexibility index (Phi) is 8.60. The van der Waals surface area contributed by atoms with E-state index in [-0.39, 0.29) is 5.78 Å². The molecular weight excluding hydrogens is 488 g/mol. The Labute approximate surface area is 238 Å². The molecule has 0 radical (unpaired) electrons. The van der Waals surface area contributed by atoms with E-state index in [1.165, 1.54) is 0 Å². The van der Waals surface area contributed by atoms with Crippen molar-refractivity contribution in [3.8, 4) is 33.4 Å². The molecule has 0 aromatic heterocycles. The minimum absolute atomic E-state index is 0.0599. The number of hydrogen-bond donors (Lipinski definition) is 0. The summed E-state index contributed by atoms with van der Waals surface area (Å²) in [4.78, 5) is 24.9. The van der Waals surface area contributed by atoms with Crippen molar-refractivity contribution in [2.45, 2.75) is 41.0 Å². The van der Waals surface area contributed by atoms with Gasteiger partial charge >= 0.3 is 0 Å². The molecule has 0 unspecified atom stereocenters. The summed E-state index contributed by atoms with van der Waals surface area (Å²) in [6.07, 6.45) is 12.0. The van der Waals surface area contributed by atoms with Gasteiger partial charge in [-0.15, -0.1) is 0 Å². The van der Waals surface area contributed by atoms with Crippen LogP contribution in [0.5, 0.6) is 0 Å². The molecule has 40 heavy (non-hydrogen) atoms. The maximum Gasteiger partial charge on any atom is 0.160 e. The summed E-state index contributed by atoms with van der Waals surface area (Å²) in [5.74, 6) is -0.0599. The molecule has 0 amide bonds. The van der Waals surface area contributed by atoms with Crippen molar-refractivity contribution in [3.05, 3.63) is 114 Å². The second-order valence-corrected chi connectivity index (χ2v) is 9.46. The summed E-state index contributed by atoms with van der Waals surface area (Å²) in [6, 6.07) is 18.1. The van der Waals surface area contributed by atoms with Crippen LogP contribution < -0.4 is 0 Å². The SMILES string of the molecule is C=Cc1c(C=C)c(-c2ccccc2)c2c(c1C(/C=C\C)=C/CC)-c1ccc(C=O)c3c(C(C)=O)ccc-2c13.CC.